The van der Waals surface area contributed by atoms with Crippen LogP contribution in [0.25, 0.3) is 16.8 Å². The van der Waals surface area contributed by atoms with Crippen molar-refractivity contribution in [3.63, 3.8) is 0 Å². The molecule has 6 N–H and O–H groups in total. The zero-order valence-corrected chi connectivity index (χ0v) is 23.3. The number of aryl methyl sites for hydroxylation is 1. The van der Waals surface area contributed by atoms with Gasteiger partial charge in [-0.3, -0.25) is 4.79 Å². The molecule has 0 bridgehead atoms. The Balaban J connectivity index is 1.59. The number of aliphatic hydroxyl groups is 5. The summed E-state index contributed by atoms with van der Waals surface area (Å²) >= 11 is 0. The summed E-state index contributed by atoms with van der Waals surface area (Å²) in [6.07, 6.45) is 1.27. The number of halogens is 1. The number of ether oxygens (including phenoxy) is 1. The molecule has 1 aromatic carbocycles. The molecule has 0 aliphatic carbocycles. The van der Waals surface area contributed by atoms with Crippen LogP contribution in [-0.4, -0.2) is 83.3 Å². The van der Waals surface area contributed by atoms with Crippen LogP contribution in [-0.2, 0) is 15.9 Å². The Morgan fingerprint density at radius 3 is 2.36 bits per heavy atom. The third kappa shape index (κ3) is 5.45. The summed E-state index contributed by atoms with van der Waals surface area (Å²) in [7, 11) is 0. The average molecular weight is 587 g/mol. The van der Waals surface area contributed by atoms with Gasteiger partial charge < -0.3 is 44.9 Å². The number of amides is 1. The minimum Gasteiger partial charge on any atom is -0.435 e. The van der Waals surface area contributed by atoms with Gasteiger partial charge in [-0.05, 0) is 47.9 Å². The second-order valence-corrected chi connectivity index (χ2v) is 11.1. The van der Waals surface area contributed by atoms with Crippen LogP contribution < -0.4 is 10.2 Å². The molecule has 0 radical (unpaired) electrons. The van der Waals surface area contributed by atoms with Crippen LogP contribution in [0.5, 0.6) is 0 Å². The molecule has 0 unspecified atom stereocenters. The zero-order chi connectivity index (χ0) is 30.6. The molecule has 5 rings (SSSR count). The Morgan fingerprint density at radius 2 is 1.74 bits per heavy atom. The van der Waals surface area contributed by atoms with Crippen LogP contribution in [0.1, 0.15) is 48.6 Å². The van der Waals surface area contributed by atoms with Gasteiger partial charge in [0.05, 0.1) is 25.1 Å². The molecule has 4 aromatic rings. The Bertz CT molecular complexity index is 1650. The van der Waals surface area contributed by atoms with Gasteiger partial charge in [0, 0.05) is 18.5 Å². The van der Waals surface area contributed by atoms with E-state index < -0.39 is 34.7 Å². The maximum atomic E-state index is 15.0. The molecule has 1 amide bonds. The zero-order valence-electron chi connectivity index (χ0n) is 23.3. The molecule has 1 aliphatic rings. The molecule has 3 aromatic heterocycles. The molecule has 42 heavy (non-hydrogen) atoms. The van der Waals surface area contributed by atoms with Gasteiger partial charge in [0.25, 0.3) is 5.91 Å². The fourth-order valence-corrected chi connectivity index (χ4v) is 4.43. The number of hydrogen-bond donors (Lipinski definition) is 6. The number of anilines is 2. The minimum absolute atomic E-state index is 0.0476. The number of fused-ring (bicyclic) bond motifs is 1. The summed E-state index contributed by atoms with van der Waals surface area (Å²) in [5.41, 5.74) is 0.997. The molecule has 1 aliphatic heterocycles. The quantitative estimate of drug-likeness (QED) is 0.175. The van der Waals surface area contributed by atoms with Crippen molar-refractivity contribution in [2.24, 2.45) is 0 Å². The summed E-state index contributed by atoms with van der Waals surface area (Å²) in [5, 5.41) is 55.3. The van der Waals surface area contributed by atoms with Crippen LogP contribution in [0.15, 0.2) is 34.9 Å². The van der Waals surface area contributed by atoms with Crippen molar-refractivity contribution in [1.82, 2.24) is 19.6 Å². The highest BCUT2D eigenvalue weighted by atomic mass is 19.1. The molecular formula is C27H31FN6O8. The van der Waals surface area contributed by atoms with E-state index in [1.165, 1.54) is 28.9 Å². The first-order chi connectivity index (χ1) is 19.6. The third-order valence-electron chi connectivity index (χ3n) is 6.78. The van der Waals surface area contributed by atoms with E-state index in [0.717, 1.165) is 0 Å². The van der Waals surface area contributed by atoms with Gasteiger partial charge in [-0.1, -0.05) is 20.8 Å². The standard InChI is InChI=1S/C27H31FN6O8/c1-14-9-17(28)18(30-22(35)19-13-29-24(42-19)25(2,3)4)12-16(14)15-10-20-31-23(26(36,37)27(38,39)40)32-34(20)21(11-15)33-5-7-41-8-6-33/h9-13,36-40H,5-8H2,1-4H3,(H,30,35). The van der Waals surface area contributed by atoms with Crippen LogP contribution in [0.3, 0.4) is 0 Å². The number of pyridine rings is 1. The number of benzene rings is 1. The van der Waals surface area contributed by atoms with Gasteiger partial charge in [-0.25, -0.2) is 14.4 Å². The van der Waals surface area contributed by atoms with Crippen molar-refractivity contribution in [3.8, 4) is 11.1 Å². The van der Waals surface area contributed by atoms with Crippen molar-refractivity contribution >= 4 is 23.1 Å². The maximum Gasteiger partial charge on any atom is 0.341 e. The van der Waals surface area contributed by atoms with Gasteiger partial charge in [0.15, 0.2) is 5.65 Å². The van der Waals surface area contributed by atoms with Gasteiger partial charge in [0.2, 0.25) is 17.5 Å². The van der Waals surface area contributed by atoms with Crippen molar-refractivity contribution in [1.29, 1.82) is 0 Å². The van der Waals surface area contributed by atoms with Crippen molar-refractivity contribution in [2.75, 3.05) is 36.5 Å². The van der Waals surface area contributed by atoms with Crippen molar-refractivity contribution in [2.45, 2.75) is 44.9 Å². The van der Waals surface area contributed by atoms with E-state index >= 15 is 4.39 Å². The first-order valence-electron chi connectivity index (χ1n) is 13.0. The summed E-state index contributed by atoms with van der Waals surface area (Å²) in [6.45, 7) is 8.99. The summed E-state index contributed by atoms with van der Waals surface area (Å²) in [5.74, 6) is -9.16. The summed E-state index contributed by atoms with van der Waals surface area (Å²) in [4.78, 5) is 22.9. The number of oxazole rings is 1. The summed E-state index contributed by atoms with van der Waals surface area (Å²) in [6, 6.07) is 5.90. The van der Waals surface area contributed by atoms with Gasteiger partial charge in [-0.2, -0.15) is 4.52 Å². The first-order valence-corrected chi connectivity index (χ1v) is 13.0. The highest BCUT2D eigenvalue weighted by Crippen LogP contribution is 2.34. The van der Waals surface area contributed by atoms with Gasteiger partial charge in [0.1, 0.15) is 11.6 Å². The normalized spacial score (nSPS) is 15.0. The lowest BCUT2D eigenvalue weighted by Gasteiger charge is -2.29. The van der Waals surface area contributed by atoms with Gasteiger partial charge >= 0.3 is 11.8 Å². The highest BCUT2D eigenvalue weighted by Gasteiger charge is 2.51. The smallest absolute Gasteiger partial charge is 0.341 e. The number of hydrogen-bond acceptors (Lipinski definition) is 12. The lowest BCUT2D eigenvalue weighted by molar-refractivity contribution is -0.456. The molecule has 4 heterocycles. The molecule has 1 saturated heterocycles. The van der Waals surface area contributed by atoms with E-state index in [2.05, 4.69) is 20.4 Å². The predicted octanol–water partition coefficient (Wildman–Crippen LogP) is 0.986. The fraction of sp³-hybridized carbons (Fsp3) is 0.407. The van der Waals surface area contributed by atoms with Crippen molar-refractivity contribution < 1.29 is 43.9 Å². The number of carbonyl (C=O) groups is 1. The summed E-state index contributed by atoms with van der Waals surface area (Å²) < 4.78 is 27.3. The second kappa shape index (κ2) is 10.4. The molecule has 0 spiro atoms. The van der Waals surface area contributed by atoms with Crippen LogP contribution in [0.2, 0.25) is 0 Å². The average Bonchev–Trinajstić information content (AvgIpc) is 3.58. The fourth-order valence-electron chi connectivity index (χ4n) is 4.43. The number of aromatic nitrogens is 4. The maximum absolute atomic E-state index is 15.0. The van der Waals surface area contributed by atoms with Crippen LogP contribution >= 0.6 is 0 Å². The van der Waals surface area contributed by atoms with E-state index in [4.69, 9.17) is 9.15 Å². The Hall–Kier alpha value is -3.99. The number of nitrogens with one attached hydrogen (secondary N) is 1. The Morgan fingerprint density at radius 1 is 1.05 bits per heavy atom. The van der Waals surface area contributed by atoms with E-state index in [9.17, 15) is 30.3 Å². The van der Waals surface area contributed by atoms with E-state index in [-0.39, 0.29) is 17.1 Å². The molecule has 14 nitrogen and oxygen atoms in total. The largest absolute Gasteiger partial charge is 0.435 e. The molecule has 224 valence electrons. The molecule has 0 atom stereocenters. The molecule has 15 heteroatoms. The second-order valence-electron chi connectivity index (χ2n) is 11.1. The molecular weight excluding hydrogens is 555 g/mol. The van der Waals surface area contributed by atoms with E-state index in [1.54, 1.807) is 13.0 Å². The lowest BCUT2D eigenvalue weighted by atomic mass is 9.97. The number of rotatable bonds is 6. The van der Waals surface area contributed by atoms with Crippen molar-refractivity contribution in [3.05, 3.63) is 59.3 Å². The van der Waals surface area contributed by atoms with Gasteiger partial charge in [-0.15, -0.1) is 5.10 Å². The Labute approximate surface area is 238 Å². The Kier molecular flexibility index (Phi) is 7.29. The number of nitrogens with zero attached hydrogens (tertiary/aromatic N) is 5. The number of carbonyl (C=O) groups excluding carboxylic acids is 1. The monoisotopic (exact) mass is 586 g/mol. The SMILES string of the molecule is Cc1cc(F)c(NC(=O)c2cnc(C(C)(C)C)o2)cc1-c1cc(N2CCOCC2)n2nc(C(O)(O)C(O)(O)O)nc2c1. The van der Waals surface area contributed by atoms with E-state index in [0.29, 0.717) is 54.7 Å². The topological polar surface area (TPSA) is 199 Å². The molecule has 1 fully saturated rings. The highest BCUT2D eigenvalue weighted by molar-refractivity contribution is 6.02. The lowest BCUT2D eigenvalue weighted by Crippen LogP contribution is -2.52. The predicted molar refractivity (Wildman–Crippen MR) is 145 cm³/mol. The third-order valence-corrected chi connectivity index (χ3v) is 6.78. The minimum atomic E-state index is -3.96. The first kappa shape index (κ1) is 29.5. The molecule has 0 saturated carbocycles. The van der Waals surface area contributed by atoms with E-state index in [1.807, 2.05) is 25.7 Å². The number of morpholine rings is 1. The van der Waals surface area contributed by atoms with Crippen LogP contribution in [0, 0.1) is 12.7 Å². The van der Waals surface area contributed by atoms with Crippen LogP contribution in [0.4, 0.5) is 15.9 Å².